The maximum Gasteiger partial charge on any atom is 0 e. The first kappa shape index (κ1) is 26.2. The molecule has 0 unspecified atom stereocenters. The Kier molecular flexibility index (Phi) is 30.0. The van der Waals surface area contributed by atoms with Crippen molar-refractivity contribution < 1.29 is 36.1 Å². The Bertz CT molecular complexity index is 391. The van der Waals surface area contributed by atoms with Crippen LogP contribution in [-0.4, -0.2) is 7.11 Å². The summed E-state index contributed by atoms with van der Waals surface area (Å²) in [5.41, 5.74) is 2.41. The maximum atomic E-state index is 7.50. The van der Waals surface area contributed by atoms with Crippen molar-refractivity contribution in [2.24, 2.45) is 0 Å². The largest absolute Gasteiger partial charge is 0 e. The number of ether oxygens (including phenoxy) is 1. The third-order valence-electron chi connectivity index (χ3n) is 1.96. The summed E-state index contributed by atoms with van der Waals surface area (Å²) in [6.07, 6.45) is 2.08. The molecule has 0 saturated carbocycles. The molecule has 0 aromatic heterocycles. The van der Waals surface area contributed by atoms with Crippen LogP contribution in [0.25, 0.3) is 5.57 Å². The molecule has 19 heavy (non-hydrogen) atoms. The summed E-state index contributed by atoms with van der Waals surface area (Å²) in [7, 11) is 1.70. The summed E-state index contributed by atoms with van der Waals surface area (Å²) < 4.78 is 27.7. The van der Waals surface area contributed by atoms with Gasteiger partial charge in [0.25, 0.3) is 0 Å². The minimum Gasteiger partial charge on any atom is 0 e. The molecule has 0 radical (unpaired) electrons. The molecule has 5 heteroatoms. The first-order valence-electron chi connectivity index (χ1n) is 4.67. The molecule has 1 rings (SSSR count). The topological polar surface area (TPSA) is 68.9 Å². The number of methoxy groups -OCH3 is 1. The quantitative estimate of drug-likeness (QED) is 0.611. The normalized spacial score (nSPS) is 7.53. The molecule has 0 atom stereocenters. The summed E-state index contributed by atoms with van der Waals surface area (Å²) in [5, 5.41) is 0. The molecule has 0 saturated heterocycles. The Morgan fingerprint density at radius 2 is 1.47 bits per heavy atom. The van der Waals surface area contributed by atoms with E-state index >= 15 is 0 Å². The van der Waals surface area contributed by atoms with Crippen LogP contribution < -0.4 is 4.74 Å². The monoisotopic (exact) mass is 298 g/mol. The molecule has 0 spiro atoms. The van der Waals surface area contributed by atoms with Crippen molar-refractivity contribution in [2.75, 3.05) is 7.11 Å². The summed E-state index contributed by atoms with van der Waals surface area (Å²) in [4.78, 5) is 0. The third-order valence-corrected chi connectivity index (χ3v) is 1.96. The second kappa shape index (κ2) is 21.8. The number of rotatable bonds is 2. The van der Waals surface area contributed by atoms with Gasteiger partial charge in [0.2, 0.25) is 0 Å². The Labute approximate surface area is 124 Å². The summed E-state index contributed by atoms with van der Waals surface area (Å²) >= 11 is 0. The van der Waals surface area contributed by atoms with E-state index in [1.54, 1.807) is 7.11 Å². The van der Waals surface area contributed by atoms with E-state index in [9.17, 15) is 0 Å². The number of para-hydroxylation sites is 1. The second-order valence-electron chi connectivity index (χ2n) is 2.67. The first-order valence-corrected chi connectivity index (χ1v) is 4.67. The Balaban J connectivity index is -0.000000142. The predicted molar refractivity (Wildman–Crippen MR) is 64.1 cm³/mol. The van der Waals surface area contributed by atoms with Gasteiger partial charge in [-0.05, 0) is 25.5 Å². The Morgan fingerprint density at radius 1 is 1.05 bits per heavy atom. The smallest absolute Gasteiger partial charge is 0 e. The van der Waals surface area contributed by atoms with Crippen LogP contribution in [0.4, 0.5) is 0 Å². The molecular weight excluding hydrogens is 284 g/mol. The fourth-order valence-electron chi connectivity index (χ4n) is 1.13. The first-order chi connectivity index (χ1) is 8.79. The van der Waals surface area contributed by atoms with E-state index in [4.69, 9.17) is 18.7 Å². The van der Waals surface area contributed by atoms with E-state index in [0.29, 0.717) is 0 Å². The maximum absolute atomic E-state index is 7.50. The minimum absolute atomic E-state index is 0. The van der Waals surface area contributed by atoms with Gasteiger partial charge in [0, 0.05) is 22.9 Å². The zero-order valence-corrected chi connectivity index (χ0v) is 12.2. The average molecular weight is 298 g/mol. The number of benzene rings is 1. The number of hydrogen-bond acceptors (Lipinski definition) is 1. The molecule has 0 heterocycles. The van der Waals surface area contributed by atoms with Crippen molar-refractivity contribution in [3.8, 4) is 5.75 Å². The van der Waals surface area contributed by atoms with Crippen molar-refractivity contribution >= 4 is 5.57 Å². The van der Waals surface area contributed by atoms with Crippen LogP contribution in [-0.2, 0) is 31.3 Å². The van der Waals surface area contributed by atoms with Crippen LogP contribution in [0.2, 0.25) is 0 Å². The summed E-state index contributed by atoms with van der Waals surface area (Å²) in [6, 6.07) is 8.03. The van der Waals surface area contributed by atoms with Gasteiger partial charge in [0.1, 0.15) is 5.75 Å². The van der Waals surface area contributed by atoms with Gasteiger partial charge in [-0.25, -0.2) is 0 Å². The van der Waals surface area contributed by atoms with E-state index in [2.05, 4.69) is 39.0 Å². The van der Waals surface area contributed by atoms with Gasteiger partial charge in [0.15, 0.2) is 0 Å². The van der Waals surface area contributed by atoms with Crippen LogP contribution in [0.15, 0.2) is 30.3 Å². The molecule has 1 aromatic carbocycles. The SMILES string of the molecule is C/C=C(\C)c1ccccc1OC.[C-]#[O+].[C-]#[O+].[C-]#[O+].[Cr]. The van der Waals surface area contributed by atoms with Gasteiger partial charge >= 0.3 is 33.9 Å². The molecule has 0 amide bonds. The van der Waals surface area contributed by atoms with Crippen molar-refractivity contribution in [2.45, 2.75) is 13.8 Å². The van der Waals surface area contributed by atoms with E-state index < -0.39 is 0 Å². The molecule has 4 nitrogen and oxygen atoms in total. The fourth-order valence-corrected chi connectivity index (χ4v) is 1.13. The third kappa shape index (κ3) is 11.3. The van der Waals surface area contributed by atoms with Gasteiger partial charge < -0.3 is 4.74 Å². The van der Waals surface area contributed by atoms with Crippen LogP contribution in [0.3, 0.4) is 0 Å². The van der Waals surface area contributed by atoms with Crippen LogP contribution in [0.1, 0.15) is 19.4 Å². The molecule has 0 aliphatic rings. The molecule has 0 N–H and O–H groups in total. The van der Waals surface area contributed by atoms with Gasteiger partial charge in [-0.15, -0.1) is 0 Å². The van der Waals surface area contributed by atoms with Gasteiger partial charge in [-0.3, -0.25) is 0 Å². The zero-order chi connectivity index (χ0) is 15.0. The standard InChI is InChI=1S/C11H14O.3CO.Cr/c1-4-9(2)10-7-5-6-8-11(10)12-3;3*1-2;/h4-8H,1-3H3;;;;/b9-4+;;;;. The van der Waals surface area contributed by atoms with Crippen molar-refractivity contribution in [1.82, 2.24) is 0 Å². The van der Waals surface area contributed by atoms with E-state index in [-0.39, 0.29) is 17.4 Å². The van der Waals surface area contributed by atoms with Crippen molar-refractivity contribution in [3.63, 3.8) is 0 Å². The van der Waals surface area contributed by atoms with Gasteiger partial charge in [0.05, 0.1) is 7.11 Å². The Morgan fingerprint density at radius 3 is 1.84 bits per heavy atom. The van der Waals surface area contributed by atoms with Crippen LogP contribution in [0.5, 0.6) is 5.75 Å². The molecule has 0 bridgehead atoms. The van der Waals surface area contributed by atoms with E-state index in [1.807, 2.05) is 25.1 Å². The zero-order valence-electron chi connectivity index (χ0n) is 10.9. The molecule has 0 fully saturated rings. The van der Waals surface area contributed by atoms with Gasteiger partial charge in [-0.1, -0.05) is 24.3 Å². The molecule has 1 aromatic rings. The van der Waals surface area contributed by atoms with Crippen molar-refractivity contribution in [1.29, 1.82) is 0 Å². The Hall–Kier alpha value is -1.49. The molecule has 0 aliphatic carbocycles. The van der Waals surface area contributed by atoms with E-state index in [0.717, 1.165) is 5.75 Å². The molecular formula is C14H14CrO4. The van der Waals surface area contributed by atoms with Crippen molar-refractivity contribution in [3.05, 3.63) is 55.9 Å². The second-order valence-corrected chi connectivity index (χ2v) is 2.67. The molecule has 100 valence electrons. The summed E-state index contributed by atoms with van der Waals surface area (Å²) in [5.74, 6) is 0.938. The fraction of sp³-hybridized carbons (Fsp3) is 0.214. The van der Waals surface area contributed by atoms with E-state index in [1.165, 1.54) is 11.1 Å². The predicted octanol–water partition coefficient (Wildman–Crippen LogP) is 3.00. The average Bonchev–Trinajstić information content (AvgIpc) is 2.52. The van der Waals surface area contributed by atoms with Gasteiger partial charge in [-0.2, -0.15) is 0 Å². The van der Waals surface area contributed by atoms with Crippen LogP contribution >= 0.6 is 0 Å². The summed E-state index contributed by atoms with van der Waals surface area (Å²) in [6.45, 7) is 17.6. The molecule has 0 aliphatic heterocycles. The number of hydrogen-bond donors (Lipinski definition) is 0. The van der Waals surface area contributed by atoms with Crippen LogP contribution in [0, 0.1) is 20.0 Å². The minimum atomic E-state index is 0. The number of allylic oxidation sites excluding steroid dienone is 2.